The highest BCUT2D eigenvalue weighted by Crippen LogP contribution is 2.20. The number of hydrogen-bond donors (Lipinski definition) is 3. The first-order chi connectivity index (χ1) is 8.97. The molecule has 0 aliphatic rings. The van der Waals surface area contributed by atoms with Gasteiger partial charge in [0.25, 0.3) is 0 Å². The maximum Gasteiger partial charge on any atom is 0.337 e. The van der Waals surface area contributed by atoms with Crippen molar-refractivity contribution >= 4 is 23.2 Å². The number of aromatic nitrogens is 1. The van der Waals surface area contributed by atoms with Crippen LogP contribution in [0.4, 0.5) is 21.6 Å². The predicted molar refractivity (Wildman–Crippen MR) is 70.0 cm³/mol. The summed E-state index contributed by atoms with van der Waals surface area (Å²) in [5, 5.41) is 11.8. The zero-order valence-electron chi connectivity index (χ0n) is 10.1. The number of halogens is 1. The van der Waals surface area contributed by atoms with Gasteiger partial charge in [0.05, 0.1) is 17.4 Å². The van der Waals surface area contributed by atoms with E-state index in [4.69, 9.17) is 10.8 Å². The van der Waals surface area contributed by atoms with Gasteiger partial charge in [-0.05, 0) is 36.8 Å². The molecule has 0 aliphatic carbocycles. The molecule has 19 heavy (non-hydrogen) atoms. The van der Waals surface area contributed by atoms with Crippen molar-refractivity contribution in [3.63, 3.8) is 0 Å². The van der Waals surface area contributed by atoms with Crippen LogP contribution in [0.5, 0.6) is 0 Å². The van der Waals surface area contributed by atoms with E-state index in [9.17, 15) is 9.18 Å². The molecule has 2 aromatic rings. The van der Waals surface area contributed by atoms with E-state index in [0.717, 1.165) is 0 Å². The standard InChI is InChI=1S/C13H12FN3O2/c1-7-4-8(2-3-10(7)14)17-12-5-9(13(18)19)11(15)6-16-12/h2-6H,15H2,1H3,(H,16,17)(H,18,19). The van der Waals surface area contributed by atoms with Crippen LogP contribution in [-0.2, 0) is 0 Å². The van der Waals surface area contributed by atoms with Gasteiger partial charge in [0.2, 0.25) is 0 Å². The van der Waals surface area contributed by atoms with Gasteiger partial charge in [-0.1, -0.05) is 0 Å². The van der Waals surface area contributed by atoms with Gasteiger partial charge < -0.3 is 16.2 Å². The Kier molecular flexibility index (Phi) is 3.33. The lowest BCUT2D eigenvalue weighted by molar-refractivity contribution is 0.0698. The maximum absolute atomic E-state index is 13.1. The molecular weight excluding hydrogens is 249 g/mol. The lowest BCUT2D eigenvalue weighted by Gasteiger charge is -2.08. The van der Waals surface area contributed by atoms with Gasteiger partial charge in [0.15, 0.2) is 0 Å². The first-order valence-corrected chi connectivity index (χ1v) is 5.49. The average molecular weight is 261 g/mol. The first-order valence-electron chi connectivity index (χ1n) is 5.49. The van der Waals surface area contributed by atoms with Crippen LogP contribution >= 0.6 is 0 Å². The molecule has 0 radical (unpaired) electrons. The fraction of sp³-hybridized carbons (Fsp3) is 0.0769. The van der Waals surface area contributed by atoms with E-state index < -0.39 is 5.97 Å². The Labute approximate surface area is 108 Å². The summed E-state index contributed by atoms with van der Waals surface area (Å²) in [6.07, 6.45) is 1.27. The van der Waals surface area contributed by atoms with Crippen LogP contribution in [0.1, 0.15) is 15.9 Å². The van der Waals surface area contributed by atoms with Gasteiger partial charge in [0, 0.05) is 5.69 Å². The normalized spacial score (nSPS) is 10.2. The largest absolute Gasteiger partial charge is 0.478 e. The Morgan fingerprint density at radius 2 is 2.16 bits per heavy atom. The molecule has 5 nitrogen and oxygen atoms in total. The number of aryl methyl sites for hydroxylation is 1. The van der Waals surface area contributed by atoms with Crippen molar-refractivity contribution in [3.05, 3.63) is 47.4 Å². The molecular formula is C13H12FN3O2. The van der Waals surface area contributed by atoms with Crippen LogP contribution in [-0.4, -0.2) is 16.1 Å². The fourth-order valence-corrected chi connectivity index (χ4v) is 1.59. The summed E-state index contributed by atoms with van der Waals surface area (Å²) in [6.45, 7) is 1.64. The van der Waals surface area contributed by atoms with Crippen molar-refractivity contribution in [2.75, 3.05) is 11.1 Å². The van der Waals surface area contributed by atoms with Gasteiger partial charge in [0.1, 0.15) is 11.6 Å². The summed E-state index contributed by atoms with van der Waals surface area (Å²) in [7, 11) is 0. The molecule has 2 rings (SSSR count). The molecule has 0 unspecified atom stereocenters. The number of pyridine rings is 1. The second kappa shape index (κ2) is 4.93. The Bertz CT molecular complexity index is 644. The number of benzene rings is 1. The van der Waals surface area contributed by atoms with Gasteiger partial charge >= 0.3 is 5.97 Å². The summed E-state index contributed by atoms with van der Waals surface area (Å²) in [5.74, 6) is -1.10. The number of nitrogen functional groups attached to an aromatic ring is 1. The molecule has 1 aromatic heterocycles. The zero-order valence-corrected chi connectivity index (χ0v) is 10.1. The fourth-order valence-electron chi connectivity index (χ4n) is 1.59. The molecule has 0 saturated carbocycles. The molecule has 0 aliphatic heterocycles. The maximum atomic E-state index is 13.1. The van der Waals surface area contributed by atoms with E-state index in [1.54, 1.807) is 19.1 Å². The van der Waals surface area contributed by atoms with Crippen molar-refractivity contribution in [1.29, 1.82) is 0 Å². The summed E-state index contributed by atoms with van der Waals surface area (Å²) >= 11 is 0. The summed E-state index contributed by atoms with van der Waals surface area (Å²) in [5.41, 5.74) is 6.67. The minimum Gasteiger partial charge on any atom is -0.478 e. The van der Waals surface area contributed by atoms with E-state index in [0.29, 0.717) is 17.1 Å². The third kappa shape index (κ3) is 2.79. The van der Waals surface area contributed by atoms with Crippen LogP contribution < -0.4 is 11.1 Å². The van der Waals surface area contributed by atoms with Gasteiger partial charge in [-0.3, -0.25) is 0 Å². The average Bonchev–Trinajstić information content (AvgIpc) is 2.36. The summed E-state index contributed by atoms with van der Waals surface area (Å²) < 4.78 is 13.1. The first kappa shape index (κ1) is 12.8. The Morgan fingerprint density at radius 3 is 2.79 bits per heavy atom. The predicted octanol–water partition coefficient (Wildman–Crippen LogP) is 2.55. The smallest absolute Gasteiger partial charge is 0.337 e. The quantitative estimate of drug-likeness (QED) is 0.790. The van der Waals surface area contributed by atoms with E-state index in [2.05, 4.69) is 10.3 Å². The zero-order chi connectivity index (χ0) is 14.0. The number of aromatic carboxylic acids is 1. The van der Waals surface area contributed by atoms with Crippen molar-refractivity contribution in [1.82, 2.24) is 4.98 Å². The number of nitrogens with one attached hydrogen (secondary N) is 1. The molecule has 0 fully saturated rings. The van der Waals surface area contributed by atoms with Crippen molar-refractivity contribution in [3.8, 4) is 0 Å². The minimum atomic E-state index is -1.13. The number of carboxylic acid groups (broad SMARTS) is 1. The number of hydrogen-bond acceptors (Lipinski definition) is 4. The second-order valence-corrected chi connectivity index (χ2v) is 4.05. The van der Waals surface area contributed by atoms with E-state index in [-0.39, 0.29) is 17.1 Å². The van der Waals surface area contributed by atoms with Gasteiger partial charge in [-0.25, -0.2) is 14.2 Å². The summed E-state index contributed by atoms with van der Waals surface area (Å²) in [6, 6.07) is 5.80. The Balaban J connectivity index is 2.30. The third-order valence-electron chi connectivity index (χ3n) is 2.60. The van der Waals surface area contributed by atoms with Crippen LogP contribution in [0.25, 0.3) is 0 Å². The van der Waals surface area contributed by atoms with Gasteiger partial charge in [-0.2, -0.15) is 0 Å². The van der Waals surface area contributed by atoms with E-state index in [1.807, 2.05) is 0 Å². The number of nitrogens with zero attached hydrogens (tertiary/aromatic N) is 1. The lowest BCUT2D eigenvalue weighted by Crippen LogP contribution is -2.05. The topological polar surface area (TPSA) is 88.2 Å². The molecule has 0 atom stereocenters. The number of carboxylic acids is 1. The molecule has 0 bridgehead atoms. The van der Waals surface area contributed by atoms with Crippen LogP contribution in [0.15, 0.2) is 30.5 Å². The van der Waals surface area contributed by atoms with Gasteiger partial charge in [-0.15, -0.1) is 0 Å². The van der Waals surface area contributed by atoms with Crippen molar-refractivity contribution in [2.45, 2.75) is 6.92 Å². The van der Waals surface area contributed by atoms with Crippen molar-refractivity contribution < 1.29 is 14.3 Å². The second-order valence-electron chi connectivity index (χ2n) is 4.05. The van der Waals surface area contributed by atoms with Crippen LogP contribution in [0.3, 0.4) is 0 Å². The number of rotatable bonds is 3. The highest BCUT2D eigenvalue weighted by atomic mass is 19.1. The summed E-state index contributed by atoms with van der Waals surface area (Å²) in [4.78, 5) is 14.9. The third-order valence-corrected chi connectivity index (χ3v) is 2.60. The molecule has 0 amide bonds. The monoisotopic (exact) mass is 261 g/mol. The molecule has 0 saturated heterocycles. The van der Waals surface area contributed by atoms with Crippen molar-refractivity contribution in [2.24, 2.45) is 0 Å². The van der Waals surface area contributed by atoms with E-state index >= 15 is 0 Å². The number of anilines is 3. The highest BCUT2D eigenvalue weighted by Gasteiger charge is 2.10. The molecule has 98 valence electrons. The molecule has 1 aromatic carbocycles. The van der Waals surface area contributed by atoms with Crippen LogP contribution in [0, 0.1) is 12.7 Å². The lowest BCUT2D eigenvalue weighted by atomic mass is 10.2. The van der Waals surface area contributed by atoms with Crippen LogP contribution in [0.2, 0.25) is 0 Å². The Morgan fingerprint density at radius 1 is 1.42 bits per heavy atom. The molecule has 6 heteroatoms. The molecule has 4 N–H and O–H groups in total. The SMILES string of the molecule is Cc1cc(Nc2cc(C(=O)O)c(N)cn2)ccc1F. The van der Waals surface area contributed by atoms with E-state index in [1.165, 1.54) is 18.3 Å². The number of nitrogens with two attached hydrogens (primary N) is 1. The minimum absolute atomic E-state index is 0.0312. The molecule has 1 heterocycles. The highest BCUT2D eigenvalue weighted by molar-refractivity contribution is 5.94. The molecule has 0 spiro atoms. The number of carbonyl (C=O) groups is 1. The Hall–Kier alpha value is -2.63.